The van der Waals surface area contributed by atoms with Crippen LogP contribution in [0.15, 0.2) is 59.5 Å². The topological polar surface area (TPSA) is 51.5 Å². The first kappa shape index (κ1) is 17.8. The van der Waals surface area contributed by atoms with Gasteiger partial charge < -0.3 is 4.74 Å². The predicted molar refractivity (Wildman–Crippen MR) is 107 cm³/mol. The van der Waals surface area contributed by atoms with Crippen LogP contribution in [0.4, 0.5) is 0 Å². The number of methoxy groups -OCH3 is 1. The van der Waals surface area contributed by atoms with E-state index in [4.69, 9.17) is 4.74 Å². The average molecular weight is 446 g/mol. The van der Waals surface area contributed by atoms with Crippen LogP contribution in [0.2, 0.25) is 0 Å². The summed E-state index contributed by atoms with van der Waals surface area (Å²) in [6.07, 6.45) is 3.57. The molecule has 0 radical (unpaired) electrons. The van der Waals surface area contributed by atoms with E-state index in [0.29, 0.717) is 0 Å². The normalized spacial score (nSPS) is 20.2. The van der Waals surface area contributed by atoms with Gasteiger partial charge in [0.05, 0.1) is 7.11 Å². The van der Waals surface area contributed by atoms with Crippen molar-refractivity contribution in [2.45, 2.75) is 19.8 Å². The van der Waals surface area contributed by atoms with Gasteiger partial charge in [0.15, 0.2) is 0 Å². The van der Waals surface area contributed by atoms with Crippen LogP contribution < -0.4 is 0 Å². The Morgan fingerprint density at radius 2 is 1.92 bits per heavy atom. The third kappa shape index (κ3) is 3.38. The third-order valence-electron chi connectivity index (χ3n) is 4.50. The highest BCUT2D eigenvalue weighted by molar-refractivity contribution is 14.1. The molecule has 0 N–H and O–H groups in total. The van der Waals surface area contributed by atoms with Crippen molar-refractivity contribution >= 4 is 39.8 Å². The highest BCUT2D eigenvalue weighted by Gasteiger charge is 2.40. The molecule has 0 bridgehead atoms. The molecule has 0 fully saturated rings. The standard InChI is InChI=1S/C20H19IN2O2/c1-12-17(14-7-6-10-22-11-14)19(15-8-4-5-9-16(15)21)18(13(2)23-12)20(24)25-3/h4-11,18-19H,1-3H3. The molecular formula is C20H19IN2O2. The lowest BCUT2D eigenvalue weighted by Crippen LogP contribution is -2.33. The molecule has 0 saturated heterocycles. The highest BCUT2D eigenvalue weighted by atomic mass is 127. The van der Waals surface area contributed by atoms with E-state index in [0.717, 1.165) is 31.7 Å². The second kappa shape index (κ2) is 7.47. The molecule has 0 spiro atoms. The Kier molecular flexibility index (Phi) is 5.32. The number of aliphatic imine (C=N–C) groups is 1. The fraction of sp³-hybridized carbons (Fsp3) is 0.250. The molecule has 1 aromatic heterocycles. The molecule has 5 heteroatoms. The smallest absolute Gasteiger partial charge is 0.315 e. The van der Waals surface area contributed by atoms with Crippen LogP contribution in [-0.2, 0) is 9.53 Å². The van der Waals surface area contributed by atoms with Crippen LogP contribution in [0, 0.1) is 9.49 Å². The van der Waals surface area contributed by atoms with E-state index in [9.17, 15) is 4.79 Å². The van der Waals surface area contributed by atoms with Crippen molar-refractivity contribution in [3.8, 4) is 0 Å². The largest absolute Gasteiger partial charge is 0.468 e. The van der Waals surface area contributed by atoms with E-state index >= 15 is 0 Å². The second-order valence-corrected chi connectivity index (χ2v) is 7.16. The summed E-state index contributed by atoms with van der Waals surface area (Å²) in [6, 6.07) is 12.1. The SMILES string of the molecule is COC(=O)C1C(C)=NC(C)=C(c2cccnc2)C1c1ccccc1I. The highest BCUT2D eigenvalue weighted by Crippen LogP contribution is 2.45. The zero-order chi connectivity index (χ0) is 18.0. The maximum absolute atomic E-state index is 12.6. The van der Waals surface area contributed by atoms with Gasteiger partial charge in [-0.3, -0.25) is 14.8 Å². The molecule has 1 aromatic carbocycles. The van der Waals surface area contributed by atoms with Crippen molar-refractivity contribution in [2.75, 3.05) is 7.11 Å². The summed E-state index contributed by atoms with van der Waals surface area (Å²) < 4.78 is 6.22. The quantitative estimate of drug-likeness (QED) is 0.517. The predicted octanol–water partition coefficient (Wildman–Crippen LogP) is 4.46. The molecule has 2 atom stereocenters. The number of ether oxygens (including phenoxy) is 1. The van der Waals surface area contributed by atoms with Gasteiger partial charge in [-0.2, -0.15) is 0 Å². The number of hydrogen-bond donors (Lipinski definition) is 0. The number of hydrogen-bond acceptors (Lipinski definition) is 4. The van der Waals surface area contributed by atoms with E-state index in [1.54, 1.807) is 6.20 Å². The number of nitrogens with zero attached hydrogens (tertiary/aromatic N) is 2. The first-order valence-corrected chi connectivity index (χ1v) is 9.11. The summed E-state index contributed by atoms with van der Waals surface area (Å²) in [5, 5.41) is 0. The Morgan fingerprint density at radius 1 is 1.16 bits per heavy atom. The lowest BCUT2D eigenvalue weighted by Gasteiger charge is -2.33. The third-order valence-corrected chi connectivity index (χ3v) is 5.48. The van der Waals surface area contributed by atoms with Gasteiger partial charge >= 0.3 is 5.97 Å². The number of esters is 1. The Labute approximate surface area is 161 Å². The molecule has 0 amide bonds. The van der Waals surface area contributed by atoms with Gasteiger partial charge in [0.1, 0.15) is 5.92 Å². The van der Waals surface area contributed by atoms with Gasteiger partial charge in [0, 0.05) is 33.3 Å². The number of rotatable bonds is 3. The minimum absolute atomic E-state index is 0.151. The van der Waals surface area contributed by atoms with Gasteiger partial charge in [-0.25, -0.2) is 0 Å². The van der Waals surface area contributed by atoms with E-state index in [2.05, 4.69) is 44.7 Å². The van der Waals surface area contributed by atoms with Gasteiger partial charge in [0.2, 0.25) is 0 Å². The zero-order valence-corrected chi connectivity index (χ0v) is 16.5. The molecular weight excluding hydrogens is 427 g/mol. The Balaban J connectivity index is 2.27. The maximum atomic E-state index is 12.6. The van der Waals surface area contributed by atoms with E-state index < -0.39 is 5.92 Å². The van der Waals surface area contributed by atoms with Crippen LogP contribution in [0.5, 0.6) is 0 Å². The number of allylic oxidation sites excluding steroid dienone is 2. The molecule has 2 heterocycles. The van der Waals surface area contributed by atoms with Crippen molar-refractivity contribution in [1.29, 1.82) is 0 Å². The molecule has 3 rings (SSSR count). The Hall–Kier alpha value is -2.02. The first-order chi connectivity index (χ1) is 12.0. The number of carbonyl (C=O) groups excluding carboxylic acids is 1. The van der Waals surface area contributed by atoms with Crippen molar-refractivity contribution in [3.63, 3.8) is 0 Å². The van der Waals surface area contributed by atoms with Crippen LogP contribution >= 0.6 is 22.6 Å². The number of pyridine rings is 1. The molecule has 4 nitrogen and oxygen atoms in total. The summed E-state index contributed by atoms with van der Waals surface area (Å²) in [5.74, 6) is -0.859. The average Bonchev–Trinajstić information content (AvgIpc) is 2.62. The molecule has 1 aliphatic rings. The molecule has 0 aliphatic carbocycles. The lowest BCUT2D eigenvalue weighted by molar-refractivity contribution is -0.143. The fourth-order valence-electron chi connectivity index (χ4n) is 3.43. The maximum Gasteiger partial charge on any atom is 0.315 e. The van der Waals surface area contributed by atoms with E-state index in [1.165, 1.54) is 7.11 Å². The first-order valence-electron chi connectivity index (χ1n) is 8.03. The van der Waals surface area contributed by atoms with Crippen LogP contribution in [0.25, 0.3) is 5.57 Å². The van der Waals surface area contributed by atoms with Gasteiger partial charge in [-0.05, 0) is 65.3 Å². The Morgan fingerprint density at radius 3 is 2.56 bits per heavy atom. The van der Waals surface area contributed by atoms with Crippen LogP contribution in [0.3, 0.4) is 0 Å². The minimum Gasteiger partial charge on any atom is -0.468 e. The monoisotopic (exact) mass is 446 g/mol. The summed E-state index contributed by atoms with van der Waals surface area (Å²) in [5.41, 5.74) is 4.80. The zero-order valence-electron chi connectivity index (χ0n) is 14.4. The summed E-state index contributed by atoms with van der Waals surface area (Å²) in [6.45, 7) is 3.88. The summed E-state index contributed by atoms with van der Waals surface area (Å²) in [7, 11) is 1.43. The van der Waals surface area contributed by atoms with Crippen LogP contribution in [-0.4, -0.2) is 23.8 Å². The summed E-state index contributed by atoms with van der Waals surface area (Å²) in [4.78, 5) is 21.5. The van der Waals surface area contributed by atoms with Gasteiger partial charge in [-0.1, -0.05) is 24.3 Å². The van der Waals surface area contributed by atoms with Gasteiger partial charge in [-0.15, -0.1) is 0 Å². The van der Waals surface area contributed by atoms with Crippen molar-refractivity contribution in [1.82, 2.24) is 4.98 Å². The van der Waals surface area contributed by atoms with Crippen molar-refractivity contribution < 1.29 is 9.53 Å². The molecule has 1 aliphatic heterocycles. The van der Waals surface area contributed by atoms with Crippen LogP contribution in [0.1, 0.15) is 30.9 Å². The minimum atomic E-state index is -0.445. The van der Waals surface area contributed by atoms with Crippen molar-refractivity contribution in [2.24, 2.45) is 10.9 Å². The fourth-order valence-corrected chi connectivity index (χ4v) is 4.16. The molecule has 0 saturated carbocycles. The van der Waals surface area contributed by atoms with Crippen molar-refractivity contribution in [3.05, 3.63) is 69.2 Å². The van der Waals surface area contributed by atoms with E-state index in [1.807, 2.05) is 44.3 Å². The summed E-state index contributed by atoms with van der Waals surface area (Å²) >= 11 is 2.32. The Bertz CT molecular complexity index is 859. The number of benzene rings is 1. The lowest BCUT2D eigenvalue weighted by atomic mass is 9.74. The molecule has 2 aromatic rings. The molecule has 128 valence electrons. The molecule has 2 unspecified atom stereocenters. The van der Waals surface area contributed by atoms with E-state index in [-0.39, 0.29) is 11.9 Å². The molecule has 25 heavy (non-hydrogen) atoms. The number of carbonyl (C=O) groups is 1. The number of aromatic nitrogens is 1. The second-order valence-electron chi connectivity index (χ2n) is 5.99. The number of halogens is 1. The van der Waals surface area contributed by atoms with Gasteiger partial charge in [0.25, 0.3) is 0 Å².